The highest BCUT2D eigenvalue weighted by Crippen LogP contribution is 2.55. The molecule has 0 saturated heterocycles. The Morgan fingerprint density at radius 1 is 0.574 bits per heavy atom. The quantitative estimate of drug-likeness (QED) is 0.180. The highest BCUT2D eigenvalue weighted by molar-refractivity contribution is 5.89. The normalized spacial score (nSPS) is 19.4. The lowest BCUT2D eigenvalue weighted by atomic mass is 9.66. The molecule has 0 amide bonds. The largest absolute Gasteiger partial charge is 0.310 e. The van der Waals surface area contributed by atoms with Crippen LogP contribution < -0.4 is 4.90 Å². The number of allylic oxidation sites excluding steroid dienone is 4. The summed E-state index contributed by atoms with van der Waals surface area (Å²) in [6.45, 7) is 30.8. The molecule has 5 aromatic carbocycles. The topological polar surface area (TPSA) is 3.24 Å². The number of rotatable bonds is 4. The molecule has 8 rings (SSSR count). The summed E-state index contributed by atoms with van der Waals surface area (Å²) in [5.74, 6) is 0.584. The van der Waals surface area contributed by atoms with Gasteiger partial charge in [-0.05, 0) is 122 Å². The minimum absolute atomic E-state index is 0.0428. The van der Waals surface area contributed by atoms with E-state index in [-0.39, 0.29) is 27.6 Å². The number of anilines is 3. The molecular formula is C53H59N. The van der Waals surface area contributed by atoms with Crippen molar-refractivity contribution in [3.8, 4) is 22.3 Å². The van der Waals surface area contributed by atoms with Gasteiger partial charge in [-0.15, -0.1) is 0 Å². The molecular weight excluding hydrogens is 651 g/mol. The van der Waals surface area contributed by atoms with E-state index in [1.54, 1.807) is 0 Å². The number of para-hydroxylation sites is 1. The van der Waals surface area contributed by atoms with Crippen LogP contribution in [0.1, 0.15) is 121 Å². The van der Waals surface area contributed by atoms with Crippen LogP contribution in [0.5, 0.6) is 0 Å². The Morgan fingerprint density at radius 3 is 1.81 bits per heavy atom. The summed E-state index contributed by atoms with van der Waals surface area (Å²) >= 11 is 0. The van der Waals surface area contributed by atoms with Gasteiger partial charge in [0.1, 0.15) is 0 Å². The first kappa shape index (κ1) is 36.4. The SMILES string of the molecule is Cc1cc(C)c2c(c1)C(C)(C)c1cc(N(c3ccc4c(c3)C(C)(C)c3ccccc3-4)c3ccccc3C3C=C(C(C)(C)C)C=C(C(C)(C)C)C3C)ccc1-2. The van der Waals surface area contributed by atoms with Gasteiger partial charge in [0.15, 0.2) is 0 Å². The number of nitrogens with zero attached hydrogens (tertiary/aromatic N) is 1. The highest BCUT2D eigenvalue weighted by Gasteiger charge is 2.40. The van der Waals surface area contributed by atoms with E-state index in [4.69, 9.17) is 0 Å². The van der Waals surface area contributed by atoms with Gasteiger partial charge in [0.2, 0.25) is 0 Å². The molecule has 3 aliphatic carbocycles. The van der Waals surface area contributed by atoms with E-state index in [1.807, 2.05) is 0 Å². The zero-order chi connectivity index (χ0) is 38.7. The lowest BCUT2D eigenvalue weighted by molar-refractivity contribution is 0.401. The van der Waals surface area contributed by atoms with Crippen LogP contribution in [0.25, 0.3) is 22.3 Å². The van der Waals surface area contributed by atoms with Crippen molar-refractivity contribution in [3.05, 3.63) is 159 Å². The molecule has 3 aliphatic rings. The molecule has 1 nitrogen and oxygen atoms in total. The van der Waals surface area contributed by atoms with Crippen molar-refractivity contribution in [2.45, 2.75) is 107 Å². The van der Waals surface area contributed by atoms with Crippen LogP contribution in [-0.2, 0) is 10.8 Å². The summed E-state index contributed by atoms with van der Waals surface area (Å²) in [4.78, 5) is 2.58. The van der Waals surface area contributed by atoms with Gasteiger partial charge in [-0.25, -0.2) is 0 Å². The Morgan fingerprint density at radius 2 is 1.15 bits per heavy atom. The summed E-state index contributed by atoms with van der Waals surface area (Å²) in [7, 11) is 0. The van der Waals surface area contributed by atoms with E-state index in [0.717, 1.165) is 0 Å². The average Bonchev–Trinajstić information content (AvgIpc) is 3.47. The second-order valence-electron chi connectivity index (χ2n) is 19.7. The third kappa shape index (κ3) is 5.56. The van der Waals surface area contributed by atoms with Gasteiger partial charge in [-0.2, -0.15) is 0 Å². The van der Waals surface area contributed by atoms with E-state index in [9.17, 15) is 0 Å². The number of hydrogen-bond acceptors (Lipinski definition) is 1. The predicted molar refractivity (Wildman–Crippen MR) is 233 cm³/mol. The van der Waals surface area contributed by atoms with Crippen LogP contribution in [0, 0.1) is 30.6 Å². The summed E-state index contributed by atoms with van der Waals surface area (Å²) in [5.41, 5.74) is 21.7. The summed E-state index contributed by atoms with van der Waals surface area (Å²) in [6, 6.07) is 37.5. The Bertz CT molecular complexity index is 2400. The highest BCUT2D eigenvalue weighted by atomic mass is 15.1. The third-order valence-corrected chi connectivity index (χ3v) is 13.2. The van der Waals surface area contributed by atoms with E-state index in [1.165, 1.54) is 89.4 Å². The molecule has 1 heteroatoms. The standard InChI is InChI=1S/C53H59N/c1-32-26-33(2)49-41-25-23-37(31-46(41)53(12,13)47(49)27-32)54(36-22-24-39-38-18-14-16-20-43(38)52(10,11)45(39)30-36)48-21-17-15-19-40(48)42-28-35(50(4,5)6)29-44(34(42)3)51(7,8)9/h14-31,34,42H,1-13H3. The van der Waals surface area contributed by atoms with Crippen molar-refractivity contribution < 1.29 is 0 Å². The molecule has 2 unspecified atom stereocenters. The second-order valence-corrected chi connectivity index (χ2v) is 19.7. The van der Waals surface area contributed by atoms with E-state index < -0.39 is 0 Å². The van der Waals surface area contributed by atoms with Crippen LogP contribution >= 0.6 is 0 Å². The van der Waals surface area contributed by atoms with Crippen LogP contribution in [-0.4, -0.2) is 0 Å². The number of hydrogen-bond donors (Lipinski definition) is 0. The number of fused-ring (bicyclic) bond motifs is 6. The van der Waals surface area contributed by atoms with Crippen LogP contribution in [0.15, 0.2) is 120 Å². The van der Waals surface area contributed by atoms with Gasteiger partial charge < -0.3 is 4.90 Å². The zero-order valence-electron chi connectivity index (χ0n) is 35.0. The maximum Gasteiger partial charge on any atom is 0.0499 e. The Kier molecular flexibility index (Phi) is 8.21. The smallest absolute Gasteiger partial charge is 0.0499 e. The fourth-order valence-electron chi connectivity index (χ4n) is 10.2. The molecule has 2 atom stereocenters. The Labute approximate surface area is 325 Å². The zero-order valence-corrected chi connectivity index (χ0v) is 35.0. The van der Waals surface area contributed by atoms with Gasteiger partial charge >= 0.3 is 0 Å². The van der Waals surface area contributed by atoms with Crippen molar-refractivity contribution in [3.63, 3.8) is 0 Å². The predicted octanol–water partition coefficient (Wildman–Crippen LogP) is 15.1. The molecule has 54 heavy (non-hydrogen) atoms. The molecule has 276 valence electrons. The van der Waals surface area contributed by atoms with Gasteiger partial charge in [-0.3, -0.25) is 0 Å². The first-order valence-electron chi connectivity index (χ1n) is 20.1. The Balaban J connectivity index is 1.37. The maximum atomic E-state index is 2.59. The number of benzene rings is 5. The van der Waals surface area contributed by atoms with Crippen molar-refractivity contribution in [1.29, 1.82) is 0 Å². The van der Waals surface area contributed by atoms with E-state index in [0.29, 0.717) is 5.92 Å². The molecule has 0 heterocycles. The molecule has 0 spiro atoms. The fraction of sp³-hybridized carbons (Fsp3) is 0.358. The van der Waals surface area contributed by atoms with Gasteiger partial charge in [0, 0.05) is 33.8 Å². The van der Waals surface area contributed by atoms with Crippen LogP contribution in [0.3, 0.4) is 0 Å². The molecule has 0 aliphatic heterocycles. The maximum absolute atomic E-state index is 2.59. The van der Waals surface area contributed by atoms with E-state index >= 15 is 0 Å². The third-order valence-electron chi connectivity index (χ3n) is 13.2. The van der Waals surface area contributed by atoms with Crippen molar-refractivity contribution >= 4 is 17.1 Å². The summed E-state index contributed by atoms with van der Waals surface area (Å²) in [5, 5.41) is 0. The van der Waals surface area contributed by atoms with Gasteiger partial charge in [0.05, 0.1) is 0 Å². The molecule has 5 aromatic rings. The molecule has 0 N–H and O–H groups in total. The monoisotopic (exact) mass is 709 g/mol. The molecule has 0 fully saturated rings. The minimum atomic E-state index is -0.112. The molecule has 0 saturated carbocycles. The Hall–Kier alpha value is -4.62. The summed E-state index contributed by atoms with van der Waals surface area (Å²) in [6.07, 6.45) is 5.11. The molecule has 0 bridgehead atoms. The van der Waals surface area contributed by atoms with Crippen LogP contribution in [0.4, 0.5) is 17.1 Å². The lowest BCUT2D eigenvalue weighted by Gasteiger charge is -2.40. The minimum Gasteiger partial charge on any atom is -0.310 e. The van der Waals surface area contributed by atoms with Gasteiger partial charge in [-0.1, -0.05) is 166 Å². The summed E-state index contributed by atoms with van der Waals surface area (Å²) < 4.78 is 0. The lowest BCUT2D eigenvalue weighted by Crippen LogP contribution is -2.27. The van der Waals surface area contributed by atoms with Crippen molar-refractivity contribution in [2.75, 3.05) is 4.90 Å². The van der Waals surface area contributed by atoms with Crippen LogP contribution in [0.2, 0.25) is 0 Å². The van der Waals surface area contributed by atoms with Crippen molar-refractivity contribution in [2.24, 2.45) is 16.7 Å². The van der Waals surface area contributed by atoms with Gasteiger partial charge in [0.25, 0.3) is 0 Å². The van der Waals surface area contributed by atoms with E-state index in [2.05, 4.69) is 204 Å². The second kappa shape index (κ2) is 12.2. The molecule has 0 radical (unpaired) electrons. The first-order valence-corrected chi connectivity index (χ1v) is 20.1. The first-order chi connectivity index (χ1) is 25.3. The number of aryl methyl sites for hydroxylation is 2. The molecule has 0 aromatic heterocycles. The van der Waals surface area contributed by atoms with Crippen molar-refractivity contribution in [1.82, 2.24) is 0 Å². The average molecular weight is 710 g/mol. The fourth-order valence-corrected chi connectivity index (χ4v) is 10.2.